The van der Waals surface area contributed by atoms with E-state index in [0.717, 1.165) is 50.2 Å². The van der Waals surface area contributed by atoms with Crippen molar-refractivity contribution in [2.24, 2.45) is 7.05 Å². The van der Waals surface area contributed by atoms with Gasteiger partial charge in [-0.1, -0.05) is 0 Å². The van der Waals surface area contributed by atoms with Crippen LogP contribution in [0.4, 0.5) is 0 Å². The van der Waals surface area contributed by atoms with E-state index in [1.165, 1.54) is 7.11 Å². The maximum absolute atomic E-state index is 12.8. The van der Waals surface area contributed by atoms with E-state index in [-0.39, 0.29) is 11.5 Å². The van der Waals surface area contributed by atoms with E-state index >= 15 is 0 Å². The Morgan fingerprint density at radius 2 is 1.93 bits per heavy atom. The molecule has 0 aromatic carbocycles. The van der Waals surface area contributed by atoms with Gasteiger partial charge in [-0.15, -0.1) is 5.10 Å². The van der Waals surface area contributed by atoms with Crippen LogP contribution in [-0.4, -0.2) is 75.1 Å². The topological polar surface area (TPSA) is 85.5 Å². The number of carbonyl (C=O) groups is 1. The molecule has 2 aromatic heterocycles. The molecule has 1 aliphatic heterocycles. The Morgan fingerprint density at radius 1 is 1.14 bits per heavy atom. The fourth-order valence-electron chi connectivity index (χ4n) is 3.95. The van der Waals surface area contributed by atoms with Crippen molar-refractivity contribution in [1.29, 1.82) is 0 Å². The van der Waals surface area contributed by atoms with Crippen LogP contribution < -0.4 is 10.3 Å². The molecule has 1 fully saturated rings. The minimum absolute atomic E-state index is 0.0156. The van der Waals surface area contributed by atoms with Gasteiger partial charge in [-0.3, -0.25) is 19.2 Å². The molecular formula is C19H26N6O3. The lowest BCUT2D eigenvalue weighted by Gasteiger charge is -2.34. The Labute approximate surface area is 163 Å². The van der Waals surface area contributed by atoms with Gasteiger partial charge in [0, 0.05) is 52.0 Å². The molecule has 28 heavy (non-hydrogen) atoms. The normalized spacial score (nSPS) is 17.0. The van der Waals surface area contributed by atoms with Crippen LogP contribution in [0.5, 0.6) is 5.88 Å². The summed E-state index contributed by atoms with van der Waals surface area (Å²) in [5, 5.41) is 8.68. The lowest BCUT2D eigenvalue weighted by molar-refractivity contribution is 0.0628. The third kappa shape index (κ3) is 3.66. The highest BCUT2D eigenvalue weighted by molar-refractivity contribution is 5.96. The lowest BCUT2D eigenvalue weighted by Crippen LogP contribution is -2.49. The Kier molecular flexibility index (Phi) is 5.17. The summed E-state index contributed by atoms with van der Waals surface area (Å²) in [6, 6.07) is 1.74. The van der Waals surface area contributed by atoms with Crippen LogP contribution in [0.1, 0.15) is 28.0 Å². The lowest BCUT2D eigenvalue weighted by atomic mass is 10.2. The van der Waals surface area contributed by atoms with E-state index in [2.05, 4.69) is 15.1 Å². The van der Waals surface area contributed by atoms with E-state index in [4.69, 9.17) is 4.74 Å². The van der Waals surface area contributed by atoms with Crippen molar-refractivity contribution in [2.75, 3.05) is 39.8 Å². The van der Waals surface area contributed by atoms with E-state index in [1.54, 1.807) is 28.7 Å². The van der Waals surface area contributed by atoms with Crippen LogP contribution in [0.25, 0.3) is 0 Å². The fraction of sp³-hybridized carbons (Fsp3) is 0.579. The molecule has 9 heteroatoms. The van der Waals surface area contributed by atoms with Crippen LogP contribution in [0.15, 0.2) is 17.1 Å². The molecule has 0 atom stereocenters. The third-order valence-corrected chi connectivity index (χ3v) is 5.53. The SMILES string of the molecule is COc1nn(C)cc1C(=O)N1CCN(CCn2nc3c(cc2=O)CCC3)CC1. The third-order valence-electron chi connectivity index (χ3n) is 5.53. The van der Waals surface area contributed by atoms with Crippen LogP contribution in [-0.2, 0) is 26.4 Å². The summed E-state index contributed by atoms with van der Waals surface area (Å²) >= 11 is 0. The van der Waals surface area contributed by atoms with Crippen molar-refractivity contribution in [3.05, 3.63) is 39.4 Å². The molecule has 2 aromatic rings. The maximum Gasteiger partial charge on any atom is 0.267 e. The van der Waals surface area contributed by atoms with Crippen molar-refractivity contribution >= 4 is 5.91 Å². The Morgan fingerprint density at radius 3 is 2.68 bits per heavy atom. The number of aryl methyl sites for hydroxylation is 3. The number of ether oxygens (including phenoxy) is 1. The first kappa shape index (κ1) is 18.7. The molecule has 0 radical (unpaired) electrons. The molecule has 0 saturated carbocycles. The van der Waals surface area contributed by atoms with Gasteiger partial charge in [-0.05, 0) is 24.8 Å². The molecule has 1 saturated heterocycles. The number of piperazine rings is 1. The molecule has 150 valence electrons. The highest BCUT2D eigenvalue weighted by Gasteiger charge is 2.26. The van der Waals surface area contributed by atoms with Crippen molar-refractivity contribution in [2.45, 2.75) is 25.8 Å². The predicted molar refractivity (Wildman–Crippen MR) is 103 cm³/mol. The smallest absolute Gasteiger partial charge is 0.267 e. The van der Waals surface area contributed by atoms with Gasteiger partial charge in [-0.2, -0.15) is 5.10 Å². The Bertz CT molecular complexity index is 926. The number of amides is 1. The highest BCUT2D eigenvalue weighted by Crippen LogP contribution is 2.19. The number of fused-ring (bicyclic) bond motifs is 1. The summed E-state index contributed by atoms with van der Waals surface area (Å²) < 4.78 is 8.37. The van der Waals surface area contributed by atoms with Gasteiger partial charge in [0.15, 0.2) is 0 Å². The van der Waals surface area contributed by atoms with Crippen molar-refractivity contribution < 1.29 is 9.53 Å². The van der Waals surface area contributed by atoms with E-state index in [9.17, 15) is 9.59 Å². The average molecular weight is 386 g/mol. The summed E-state index contributed by atoms with van der Waals surface area (Å²) in [7, 11) is 3.29. The van der Waals surface area contributed by atoms with Gasteiger partial charge in [-0.25, -0.2) is 4.68 Å². The molecule has 2 aliphatic rings. The maximum atomic E-state index is 12.8. The van der Waals surface area contributed by atoms with Gasteiger partial charge in [0.1, 0.15) is 5.56 Å². The first-order chi connectivity index (χ1) is 13.5. The monoisotopic (exact) mass is 386 g/mol. The van der Waals surface area contributed by atoms with Gasteiger partial charge >= 0.3 is 0 Å². The van der Waals surface area contributed by atoms with Gasteiger partial charge < -0.3 is 9.64 Å². The minimum atomic E-state index is -0.0545. The first-order valence-electron chi connectivity index (χ1n) is 9.74. The van der Waals surface area contributed by atoms with Crippen LogP contribution >= 0.6 is 0 Å². The van der Waals surface area contributed by atoms with Crippen molar-refractivity contribution in [3.8, 4) is 5.88 Å². The predicted octanol–water partition coefficient (Wildman–Crippen LogP) is -0.0679. The number of rotatable bonds is 5. The summed E-state index contributed by atoms with van der Waals surface area (Å²) in [5.74, 6) is 0.304. The molecule has 0 bridgehead atoms. The molecule has 0 N–H and O–H groups in total. The number of hydrogen-bond acceptors (Lipinski definition) is 6. The number of methoxy groups -OCH3 is 1. The average Bonchev–Trinajstić information content (AvgIpc) is 3.31. The number of hydrogen-bond donors (Lipinski definition) is 0. The molecule has 9 nitrogen and oxygen atoms in total. The van der Waals surface area contributed by atoms with Crippen molar-refractivity contribution in [1.82, 2.24) is 29.4 Å². The molecule has 0 spiro atoms. The zero-order valence-corrected chi connectivity index (χ0v) is 16.4. The van der Waals surface area contributed by atoms with Gasteiger partial charge in [0.25, 0.3) is 11.5 Å². The zero-order chi connectivity index (χ0) is 19.7. The molecule has 1 aliphatic carbocycles. The van der Waals surface area contributed by atoms with Gasteiger partial charge in [0.2, 0.25) is 5.88 Å². The standard InChI is InChI=1S/C19H26N6O3/c1-22-13-15(18(21-22)28-2)19(27)24-9-6-23(7-10-24)8-11-25-17(26)12-14-4-3-5-16(14)20-25/h12-13H,3-11H2,1-2H3. The van der Waals surface area contributed by atoms with E-state index < -0.39 is 0 Å². The largest absolute Gasteiger partial charge is 0.479 e. The minimum Gasteiger partial charge on any atom is -0.479 e. The second kappa shape index (κ2) is 7.75. The number of carbonyl (C=O) groups excluding carboxylic acids is 1. The summed E-state index contributed by atoms with van der Waals surface area (Å²) in [6.45, 7) is 4.16. The fourth-order valence-corrected chi connectivity index (χ4v) is 3.95. The zero-order valence-electron chi connectivity index (χ0n) is 16.4. The molecule has 3 heterocycles. The Hall–Kier alpha value is -2.68. The highest BCUT2D eigenvalue weighted by atomic mass is 16.5. The number of nitrogens with zero attached hydrogens (tertiary/aromatic N) is 6. The molecular weight excluding hydrogens is 360 g/mol. The molecule has 1 amide bonds. The van der Waals surface area contributed by atoms with E-state index in [1.807, 2.05) is 4.90 Å². The van der Waals surface area contributed by atoms with E-state index in [0.29, 0.717) is 31.1 Å². The van der Waals surface area contributed by atoms with Gasteiger partial charge in [0.05, 0.1) is 19.3 Å². The quantitative estimate of drug-likeness (QED) is 0.715. The second-order valence-electron chi connectivity index (χ2n) is 7.39. The summed E-state index contributed by atoms with van der Waals surface area (Å²) in [6.07, 6.45) is 4.72. The summed E-state index contributed by atoms with van der Waals surface area (Å²) in [4.78, 5) is 29.1. The van der Waals surface area contributed by atoms with Crippen molar-refractivity contribution in [3.63, 3.8) is 0 Å². The molecule has 4 rings (SSSR count). The second-order valence-corrected chi connectivity index (χ2v) is 7.39. The Balaban J connectivity index is 1.32. The van der Waals surface area contributed by atoms with Crippen LogP contribution in [0.3, 0.4) is 0 Å². The van der Waals surface area contributed by atoms with Crippen LogP contribution in [0, 0.1) is 0 Å². The van der Waals surface area contributed by atoms with Crippen LogP contribution in [0.2, 0.25) is 0 Å². The number of aromatic nitrogens is 4. The summed E-state index contributed by atoms with van der Waals surface area (Å²) in [5.41, 5.74) is 2.66. The molecule has 0 unspecified atom stereocenters. The first-order valence-corrected chi connectivity index (χ1v) is 9.74.